The molecule has 2 amide bonds. The van der Waals surface area contributed by atoms with Crippen LogP contribution in [0.5, 0.6) is 0 Å². The van der Waals surface area contributed by atoms with Crippen molar-refractivity contribution in [1.29, 1.82) is 0 Å². The van der Waals surface area contributed by atoms with Crippen molar-refractivity contribution < 1.29 is 29.0 Å². The number of carboxylic acid groups (broad SMARTS) is 1. The number of carbonyl (C=O) groups is 4. The minimum absolute atomic E-state index is 0.185. The number of esters is 1. The number of β-lactam (4-membered cyclic amide) rings is 1. The summed E-state index contributed by atoms with van der Waals surface area (Å²) in [4.78, 5) is 49.0. The summed E-state index contributed by atoms with van der Waals surface area (Å²) in [5.74, 6) is -2.47. The molecule has 0 aromatic carbocycles. The van der Waals surface area contributed by atoms with E-state index in [1.54, 1.807) is 17.8 Å². The normalized spacial score (nSPS) is 21.1. The smallest absolute Gasteiger partial charge is 0.352 e. The highest BCUT2D eigenvalue weighted by atomic mass is 32.2. The van der Waals surface area contributed by atoms with E-state index in [0.717, 1.165) is 4.90 Å². The first kappa shape index (κ1) is 19.9. The summed E-state index contributed by atoms with van der Waals surface area (Å²) in [6, 6.07) is -0.827. The van der Waals surface area contributed by atoms with Crippen LogP contribution < -0.4 is 5.32 Å². The molecule has 3 heterocycles. The van der Waals surface area contributed by atoms with Gasteiger partial charge in [0, 0.05) is 31.0 Å². The van der Waals surface area contributed by atoms with E-state index in [0.29, 0.717) is 23.4 Å². The summed E-state index contributed by atoms with van der Waals surface area (Å²) >= 11 is 1.31. The van der Waals surface area contributed by atoms with Gasteiger partial charge in [-0.2, -0.15) is 5.10 Å². The van der Waals surface area contributed by atoms with Crippen LogP contribution in [0.3, 0.4) is 0 Å². The average molecular weight is 408 g/mol. The third-order valence-electron chi connectivity index (χ3n) is 4.50. The Balaban J connectivity index is 1.76. The minimum Gasteiger partial charge on any atom is -0.477 e. The van der Waals surface area contributed by atoms with E-state index in [-0.39, 0.29) is 18.1 Å². The molecule has 1 saturated heterocycles. The zero-order valence-electron chi connectivity index (χ0n) is 15.6. The van der Waals surface area contributed by atoms with Gasteiger partial charge in [-0.1, -0.05) is 0 Å². The summed E-state index contributed by atoms with van der Waals surface area (Å²) in [5, 5.41) is 15.9. The Kier molecular flexibility index (Phi) is 5.45. The maximum Gasteiger partial charge on any atom is 0.352 e. The van der Waals surface area contributed by atoms with Crippen LogP contribution in [0.15, 0.2) is 17.5 Å². The first-order chi connectivity index (χ1) is 13.2. The van der Waals surface area contributed by atoms with Crippen LogP contribution in [0.2, 0.25) is 0 Å². The molecule has 0 spiro atoms. The van der Waals surface area contributed by atoms with E-state index >= 15 is 0 Å². The van der Waals surface area contributed by atoms with Crippen LogP contribution in [-0.2, 0) is 25.7 Å². The number of fused-ring (bicyclic) bond motifs is 1. The predicted molar refractivity (Wildman–Crippen MR) is 98.3 cm³/mol. The fourth-order valence-corrected chi connectivity index (χ4v) is 4.43. The Labute approximate surface area is 164 Å². The molecule has 1 fully saturated rings. The number of thioether (sulfide) groups is 1. The van der Waals surface area contributed by atoms with Crippen molar-refractivity contribution in [2.45, 2.75) is 38.7 Å². The van der Waals surface area contributed by atoms with E-state index in [2.05, 4.69) is 10.4 Å². The van der Waals surface area contributed by atoms with Crippen molar-refractivity contribution in [1.82, 2.24) is 20.0 Å². The molecule has 150 valence electrons. The van der Waals surface area contributed by atoms with E-state index in [9.17, 15) is 24.3 Å². The van der Waals surface area contributed by atoms with Crippen LogP contribution in [0.4, 0.5) is 0 Å². The van der Waals surface area contributed by atoms with Crippen LogP contribution >= 0.6 is 11.8 Å². The summed E-state index contributed by atoms with van der Waals surface area (Å²) in [7, 11) is 0. The van der Waals surface area contributed by atoms with Gasteiger partial charge in [0.2, 0.25) is 0 Å². The molecular weight excluding hydrogens is 388 g/mol. The molecule has 0 saturated carbocycles. The summed E-state index contributed by atoms with van der Waals surface area (Å²) in [5.41, 5.74) is 1.09. The maximum absolute atomic E-state index is 12.6. The highest BCUT2D eigenvalue weighted by Crippen LogP contribution is 2.40. The van der Waals surface area contributed by atoms with E-state index < -0.39 is 35.2 Å². The first-order valence-corrected chi connectivity index (χ1v) is 9.67. The molecule has 1 aromatic rings. The van der Waals surface area contributed by atoms with Crippen LogP contribution in [0, 0.1) is 6.92 Å². The molecule has 2 atom stereocenters. The number of amides is 2. The first-order valence-electron chi connectivity index (χ1n) is 8.62. The Bertz CT molecular complexity index is 892. The van der Waals surface area contributed by atoms with Gasteiger partial charge in [-0.15, -0.1) is 11.8 Å². The lowest BCUT2D eigenvalue weighted by molar-refractivity contribution is -0.149. The number of carboxylic acids is 1. The van der Waals surface area contributed by atoms with Crippen molar-refractivity contribution in [3.63, 3.8) is 0 Å². The Morgan fingerprint density at radius 2 is 2.14 bits per heavy atom. The van der Waals surface area contributed by atoms with E-state index in [1.165, 1.54) is 18.7 Å². The number of aliphatic carboxylic acids is 1. The quantitative estimate of drug-likeness (QED) is 0.502. The molecular formula is C17H20N4O6S. The van der Waals surface area contributed by atoms with Gasteiger partial charge in [0.25, 0.3) is 11.8 Å². The zero-order chi connectivity index (χ0) is 20.6. The van der Waals surface area contributed by atoms with Gasteiger partial charge >= 0.3 is 11.9 Å². The summed E-state index contributed by atoms with van der Waals surface area (Å²) in [6.45, 7) is 5.25. The SMILES string of the molecule is CCn1cc(C(=O)N[C@H]2C(=O)N3C(C(=O)O)=C(COC(C)=O)CS[C@@H]23)c(C)n1. The third-order valence-corrected chi connectivity index (χ3v) is 5.84. The Hall–Kier alpha value is -2.82. The molecule has 0 unspecified atom stereocenters. The molecule has 10 nitrogen and oxygen atoms in total. The standard InChI is InChI=1S/C17H20N4O6S/c1-4-20-5-11(8(2)19-20)14(23)18-12-15(24)21-13(17(25)26)10(6-27-9(3)22)7-28-16(12)21/h5,12,16H,4,6-7H2,1-3H3,(H,18,23)(H,25,26)/t12-,16-/m0/s1. The Morgan fingerprint density at radius 1 is 1.43 bits per heavy atom. The van der Waals surface area contributed by atoms with Crippen molar-refractivity contribution in [3.05, 3.63) is 28.7 Å². The highest BCUT2D eigenvalue weighted by molar-refractivity contribution is 8.00. The van der Waals surface area contributed by atoms with E-state index in [1.807, 2.05) is 6.92 Å². The van der Waals surface area contributed by atoms with Gasteiger partial charge in [0.1, 0.15) is 23.7 Å². The van der Waals surface area contributed by atoms with Gasteiger partial charge in [-0.25, -0.2) is 4.79 Å². The van der Waals surface area contributed by atoms with Crippen LogP contribution in [-0.4, -0.2) is 67.3 Å². The van der Waals surface area contributed by atoms with E-state index in [4.69, 9.17) is 4.74 Å². The molecule has 0 bridgehead atoms. The molecule has 0 radical (unpaired) electrons. The highest BCUT2D eigenvalue weighted by Gasteiger charge is 2.54. The second-order valence-corrected chi connectivity index (χ2v) is 7.49. The van der Waals surface area contributed by atoms with Crippen molar-refractivity contribution in [3.8, 4) is 0 Å². The summed E-state index contributed by atoms with van der Waals surface area (Å²) < 4.78 is 6.52. The molecule has 1 aromatic heterocycles. The molecule has 2 aliphatic rings. The van der Waals surface area contributed by atoms with Gasteiger partial charge in [0.15, 0.2) is 0 Å². The van der Waals surface area contributed by atoms with Gasteiger partial charge < -0.3 is 15.2 Å². The fraction of sp³-hybridized carbons (Fsp3) is 0.471. The number of nitrogens with zero attached hydrogens (tertiary/aromatic N) is 3. The molecule has 0 aliphatic carbocycles. The second-order valence-electron chi connectivity index (χ2n) is 6.38. The predicted octanol–water partition coefficient (Wildman–Crippen LogP) is 0.127. The van der Waals surface area contributed by atoms with Crippen LogP contribution in [0.25, 0.3) is 0 Å². The van der Waals surface area contributed by atoms with Crippen molar-refractivity contribution in [2.75, 3.05) is 12.4 Å². The lowest BCUT2D eigenvalue weighted by Gasteiger charge is -2.49. The number of rotatable bonds is 6. The number of nitrogens with one attached hydrogen (secondary N) is 1. The molecule has 3 rings (SSSR count). The largest absolute Gasteiger partial charge is 0.477 e. The molecule has 28 heavy (non-hydrogen) atoms. The molecule has 2 aliphatic heterocycles. The monoisotopic (exact) mass is 408 g/mol. The molecule has 2 N–H and O–H groups in total. The number of aryl methyl sites for hydroxylation is 2. The number of hydrogen-bond donors (Lipinski definition) is 2. The number of hydrogen-bond acceptors (Lipinski definition) is 7. The lowest BCUT2D eigenvalue weighted by Crippen LogP contribution is -2.70. The third kappa shape index (κ3) is 3.49. The lowest BCUT2D eigenvalue weighted by atomic mass is 10.0. The maximum atomic E-state index is 12.6. The van der Waals surface area contributed by atoms with Gasteiger partial charge in [-0.3, -0.25) is 24.0 Å². The second kappa shape index (κ2) is 7.66. The van der Waals surface area contributed by atoms with Crippen molar-refractivity contribution in [2.24, 2.45) is 0 Å². The number of carbonyl (C=O) groups excluding carboxylic acids is 3. The van der Waals surface area contributed by atoms with Gasteiger partial charge in [-0.05, 0) is 13.8 Å². The Morgan fingerprint density at radius 3 is 2.71 bits per heavy atom. The average Bonchev–Trinajstić information content (AvgIpc) is 3.04. The molecule has 11 heteroatoms. The summed E-state index contributed by atoms with van der Waals surface area (Å²) in [6.07, 6.45) is 1.61. The zero-order valence-corrected chi connectivity index (χ0v) is 16.4. The number of ether oxygens (including phenoxy) is 1. The minimum atomic E-state index is -1.27. The van der Waals surface area contributed by atoms with Crippen molar-refractivity contribution >= 4 is 35.5 Å². The number of aromatic nitrogens is 2. The topological polar surface area (TPSA) is 131 Å². The van der Waals surface area contributed by atoms with Crippen LogP contribution in [0.1, 0.15) is 29.9 Å². The fourth-order valence-electron chi connectivity index (χ4n) is 3.10. The van der Waals surface area contributed by atoms with Gasteiger partial charge in [0.05, 0.1) is 11.3 Å².